The molecule has 1 fully saturated rings. The maximum absolute atomic E-state index is 13.2. The van der Waals surface area contributed by atoms with Crippen LogP contribution in [-0.4, -0.2) is 57.9 Å². The van der Waals surface area contributed by atoms with Gasteiger partial charge in [-0.25, -0.2) is 0 Å². The molecule has 0 radical (unpaired) electrons. The largest absolute Gasteiger partial charge is 0.466 e. The molecule has 200 valence electrons. The van der Waals surface area contributed by atoms with Gasteiger partial charge in [0.25, 0.3) is 0 Å². The molecule has 8 heteroatoms. The molecule has 1 aliphatic carbocycles. The average molecular weight is 541 g/mol. The number of esters is 1. The summed E-state index contributed by atoms with van der Waals surface area (Å²) in [7, 11) is -4.50. The summed E-state index contributed by atoms with van der Waals surface area (Å²) < 4.78 is 19.3. The fourth-order valence-corrected chi connectivity index (χ4v) is 7.94. The van der Waals surface area contributed by atoms with Crippen LogP contribution in [0.25, 0.3) is 0 Å². The summed E-state index contributed by atoms with van der Waals surface area (Å²) in [5, 5.41) is 11.3. The van der Waals surface area contributed by atoms with E-state index >= 15 is 0 Å². The van der Waals surface area contributed by atoms with Gasteiger partial charge in [0.15, 0.2) is 16.6 Å². The van der Waals surface area contributed by atoms with Gasteiger partial charge in [0, 0.05) is 11.0 Å². The Morgan fingerprint density at radius 3 is 1.86 bits per heavy atom. The molecule has 0 heterocycles. The number of aliphatic hydroxyl groups is 1. The van der Waals surface area contributed by atoms with Crippen LogP contribution in [0.2, 0.25) is 36.3 Å². The molecule has 0 spiro atoms. The zero-order valence-electron chi connectivity index (χ0n) is 23.7. The summed E-state index contributed by atoms with van der Waals surface area (Å²) in [6.07, 6.45) is -1.96. The smallest absolute Gasteiger partial charge is 0.312 e. The molecule has 0 unspecified atom stereocenters. The SMILES string of the molecule is CCOC(=O)[C@H]1[C@@H](O)[C@@H](O[Si](C)(C)C(C)(C)C)[C@H](O[Si](C)(C)C(C)(C)C)[C@@H]1SCc1ccccc1. The van der Waals surface area contributed by atoms with Crippen molar-refractivity contribution in [2.75, 3.05) is 6.61 Å². The fraction of sp³-hybridized carbons (Fsp3) is 0.741. The van der Waals surface area contributed by atoms with E-state index in [1.54, 1.807) is 18.7 Å². The number of ether oxygens (including phenoxy) is 1. The highest BCUT2D eigenvalue weighted by Crippen LogP contribution is 2.48. The van der Waals surface area contributed by atoms with Crippen LogP contribution in [0.5, 0.6) is 0 Å². The summed E-state index contributed by atoms with van der Waals surface area (Å²) in [6.45, 7) is 24.1. The molecule has 1 aromatic rings. The van der Waals surface area contributed by atoms with Gasteiger partial charge in [-0.05, 0) is 48.8 Å². The van der Waals surface area contributed by atoms with Crippen molar-refractivity contribution >= 4 is 34.4 Å². The highest BCUT2D eigenvalue weighted by atomic mass is 32.2. The van der Waals surface area contributed by atoms with Gasteiger partial charge in [0.1, 0.15) is 0 Å². The third-order valence-corrected chi connectivity index (χ3v) is 18.4. The molecule has 1 aromatic carbocycles. The zero-order chi connectivity index (χ0) is 26.8. The van der Waals surface area contributed by atoms with E-state index in [0.717, 1.165) is 5.75 Å². The van der Waals surface area contributed by atoms with E-state index in [9.17, 15) is 9.90 Å². The molecule has 35 heavy (non-hydrogen) atoms. The molecule has 1 aliphatic rings. The van der Waals surface area contributed by atoms with Gasteiger partial charge in [-0.15, -0.1) is 0 Å². The van der Waals surface area contributed by atoms with Gasteiger partial charge >= 0.3 is 5.97 Å². The minimum Gasteiger partial charge on any atom is -0.466 e. The van der Waals surface area contributed by atoms with Crippen molar-refractivity contribution in [2.24, 2.45) is 5.92 Å². The van der Waals surface area contributed by atoms with Crippen LogP contribution in [0.4, 0.5) is 0 Å². The van der Waals surface area contributed by atoms with Crippen molar-refractivity contribution in [2.45, 2.75) is 114 Å². The topological polar surface area (TPSA) is 65.0 Å². The first-order chi connectivity index (χ1) is 15.9. The van der Waals surface area contributed by atoms with Gasteiger partial charge in [0.05, 0.1) is 30.8 Å². The normalized spacial score (nSPS) is 26.1. The second-order valence-electron chi connectivity index (χ2n) is 12.7. The van der Waals surface area contributed by atoms with Crippen LogP contribution >= 0.6 is 11.8 Å². The van der Waals surface area contributed by atoms with Crippen molar-refractivity contribution in [1.82, 2.24) is 0 Å². The summed E-state index contributed by atoms with van der Waals surface area (Å²) in [5.41, 5.74) is 1.18. The summed E-state index contributed by atoms with van der Waals surface area (Å²) in [5.74, 6) is -0.345. The van der Waals surface area contributed by atoms with Gasteiger partial charge in [-0.2, -0.15) is 11.8 Å². The van der Waals surface area contributed by atoms with Crippen molar-refractivity contribution in [3.8, 4) is 0 Å². The minimum atomic E-state index is -2.26. The number of benzene rings is 1. The molecule has 5 nitrogen and oxygen atoms in total. The van der Waals surface area contributed by atoms with Crippen LogP contribution in [0, 0.1) is 5.92 Å². The lowest BCUT2D eigenvalue weighted by molar-refractivity contribution is -0.151. The standard InChI is InChI=1S/C27H48O5SSi2/c1-12-30-25(29)20-21(28)22(31-34(8,9)26(2,3)4)23(32-35(10,11)27(5,6)7)24(20)33-18-19-16-14-13-15-17-19/h13-17,20-24,28H,12,18H2,1-11H3/t20-,21+,22+,23-,24+/m0/s1. The number of carbonyl (C=O) groups excluding carboxylic acids is 1. The number of carbonyl (C=O) groups is 1. The molecule has 2 rings (SSSR count). The Balaban J connectivity index is 2.53. The number of hydrogen-bond acceptors (Lipinski definition) is 6. The molecule has 1 N–H and O–H groups in total. The van der Waals surface area contributed by atoms with Gasteiger partial charge in [-0.3, -0.25) is 4.79 Å². The Morgan fingerprint density at radius 1 is 0.914 bits per heavy atom. The fourth-order valence-electron chi connectivity index (χ4n) is 3.77. The van der Waals surface area contributed by atoms with Crippen LogP contribution in [-0.2, 0) is 24.1 Å². The number of aliphatic hydroxyl groups excluding tert-OH is 1. The van der Waals surface area contributed by atoms with E-state index in [2.05, 4.69) is 79.9 Å². The van der Waals surface area contributed by atoms with E-state index in [1.165, 1.54) is 5.56 Å². The molecule has 5 atom stereocenters. The molecule has 0 saturated heterocycles. The van der Waals surface area contributed by atoms with Gasteiger partial charge in [-0.1, -0.05) is 71.9 Å². The second-order valence-corrected chi connectivity index (χ2v) is 23.4. The lowest BCUT2D eigenvalue weighted by Gasteiger charge is -2.44. The predicted octanol–water partition coefficient (Wildman–Crippen LogP) is 6.62. The van der Waals surface area contributed by atoms with Crippen LogP contribution < -0.4 is 0 Å². The van der Waals surface area contributed by atoms with Crippen molar-refractivity contribution in [3.63, 3.8) is 0 Å². The Hall–Kier alpha value is -0.646. The summed E-state index contributed by atoms with van der Waals surface area (Å²) in [6, 6.07) is 10.2. The first-order valence-electron chi connectivity index (χ1n) is 12.8. The molecule has 0 amide bonds. The number of hydrogen-bond donors (Lipinski definition) is 1. The molecule has 0 aromatic heterocycles. The molecule has 1 saturated carbocycles. The first kappa shape index (κ1) is 30.6. The van der Waals surface area contributed by atoms with E-state index in [4.69, 9.17) is 13.6 Å². The quantitative estimate of drug-likeness (QED) is 0.280. The molecular weight excluding hydrogens is 493 g/mol. The van der Waals surface area contributed by atoms with Crippen LogP contribution in [0.3, 0.4) is 0 Å². The Morgan fingerprint density at radius 2 is 1.40 bits per heavy atom. The highest BCUT2D eigenvalue weighted by molar-refractivity contribution is 7.99. The van der Waals surface area contributed by atoms with Crippen molar-refractivity contribution in [1.29, 1.82) is 0 Å². The zero-order valence-corrected chi connectivity index (χ0v) is 26.5. The maximum atomic E-state index is 13.2. The van der Waals surface area contributed by atoms with E-state index in [-0.39, 0.29) is 27.9 Å². The third kappa shape index (κ3) is 7.23. The van der Waals surface area contributed by atoms with E-state index < -0.39 is 40.9 Å². The van der Waals surface area contributed by atoms with Crippen LogP contribution in [0.15, 0.2) is 30.3 Å². The monoisotopic (exact) mass is 540 g/mol. The Kier molecular flexibility index (Phi) is 9.95. The lowest BCUT2D eigenvalue weighted by Crippen LogP contribution is -2.53. The van der Waals surface area contributed by atoms with Gasteiger partial charge < -0.3 is 18.7 Å². The average Bonchev–Trinajstić information content (AvgIpc) is 2.96. The summed E-state index contributed by atoms with van der Waals surface area (Å²) in [4.78, 5) is 13.2. The van der Waals surface area contributed by atoms with Crippen molar-refractivity contribution in [3.05, 3.63) is 35.9 Å². The molecule has 0 aliphatic heterocycles. The number of rotatable bonds is 9. The van der Waals surface area contributed by atoms with E-state index in [0.29, 0.717) is 0 Å². The van der Waals surface area contributed by atoms with Crippen molar-refractivity contribution < 1.29 is 23.5 Å². The number of thioether (sulfide) groups is 1. The second kappa shape index (κ2) is 11.4. The lowest BCUT2D eigenvalue weighted by atomic mass is 10.1. The third-order valence-electron chi connectivity index (χ3n) is 8.02. The Labute approximate surface area is 220 Å². The van der Waals surface area contributed by atoms with Gasteiger partial charge in [0.2, 0.25) is 0 Å². The first-order valence-corrected chi connectivity index (χ1v) is 19.7. The Bertz CT molecular complexity index is 832. The predicted molar refractivity (Wildman–Crippen MR) is 152 cm³/mol. The van der Waals surface area contributed by atoms with Crippen LogP contribution in [0.1, 0.15) is 54.0 Å². The maximum Gasteiger partial charge on any atom is 0.312 e. The molecular formula is C27H48O5SSi2. The minimum absolute atomic E-state index is 0.0177. The highest BCUT2D eigenvalue weighted by Gasteiger charge is 2.59. The summed E-state index contributed by atoms with van der Waals surface area (Å²) >= 11 is 1.67. The molecule has 0 bridgehead atoms. The van der Waals surface area contributed by atoms with E-state index in [1.807, 2.05) is 18.2 Å².